The highest BCUT2D eigenvalue weighted by molar-refractivity contribution is 6.17. The minimum atomic E-state index is -4.47. The molecule has 100 valence electrons. The van der Waals surface area contributed by atoms with E-state index < -0.39 is 11.7 Å². The van der Waals surface area contributed by atoms with Crippen molar-refractivity contribution in [3.05, 3.63) is 53.7 Å². The first kappa shape index (κ1) is 13.7. The van der Waals surface area contributed by atoms with E-state index in [2.05, 4.69) is 4.98 Å². The van der Waals surface area contributed by atoms with Gasteiger partial charge in [-0.25, -0.2) is 4.98 Å². The number of hydrogen-bond donors (Lipinski definition) is 0. The van der Waals surface area contributed by atoms with E-state index in [1.54, 1.807) is 6.07 Å². The second-order valence-corrected chi connectivity index (χ2v) is 4.00. The van der Waals surface area contributed by atoms with Crippen LogP contribution in [-0.4, -0.2) is 4.98 Å². The molecular formula is C13H9ClF3NO. The average Bonchev–Trinajstić information content (AvgIpc) is 2.38. The van der Waals surface area contributed by atoms with E-state index in [0.717, 1.165) is 11.6 Å². The molecule has 1 aromatic carbocycles. The Morgan fingerprint density at radius 1 is 1.16 bits per heavy atom. The molecule has 2 rings (SSSR count). The van der Waals surface area contributed by atoms with Crippen LogP contribution in [0.15, 0.2) is 42.6 Å². The fourth-order valence-corrected chi connectivity index (χ4v) is 1.66. The third-order valence-electron chi connectivity index (χ3n) is 2.36. The number of para-hydroxylation sites is 1. The zero-order valence-electron chi connectivity index (χ0n) is 9.62. The topological polar surface area (TPSA) is 22.1 Å². The van der Waals surface area contributed by atoms with Crippen LogP contribution in [0.5, 0.6) is 11.6 Å². The van der Waals surface area contributed by atoms with Gasteiger partial charge in [0, 0.05) is 18.1 Å². The molecule has 0 radical (unpaired) electrons. The fraction of sp³-hybridized carbons (Fsp3) is 0.154. The largest absolute Gasteiger partial charge is 0.438 e. The maximum Gasteiger partial charge on any atom is 0.419 e. The van der Waals surface area contributed by atoms with Gasteiger partial charge >= 0.3 is 6.18 Å². The molecule has 0 saturated carbocycles. The van der Waals surface area contributed by atoms with Crippen LogP contribution in [0, 0.1) is 0 Å². The highest BCUT2D eigenvalue weighted by Gasteiger charge is 2.34. The Labute approximate surface area is 112 Å². The van der Waals surface area contributed by atoms with Crippen LogP contribution in [0.1, 0.15) is 11.1 Å². The van der Waals surface area contributed by atoms with E-state index in [1.807, 2.05) is 0 Å². The van der Waals surface area contributed by atoms with Crippen molar-refractivity contribution in [1.82, 2.24) is 4.98 Å². The van der Waals surface area contributed by atoms with E-state index in [4.69, 9.17) is 16.3 Å². The highest BCUT2D eigenvalue weighted by atomic mass is 35.5. The molecule has 19 heavy (non-hydrogen) atoms. The maximum absolute atomic E-state index is 12.8. The Hall–Kier alpha value is -1.75. The number of halogens is 4. The molecule has 0 saturated heterocycles. The summed E-state index contributed by atoms with van der Waals surface area (Å²) in [5, 5.41) is 0. The normalized spacial score (nSPS) is 11.4. The monoisotopic (exact) mass is 287 g/mol. The lowest BCUT2D eigenvalue weighted by atomic mass is 10.2. The van der Waals surface area contributed by atoms with Crippen molar-refractivity contribution >= 4 is 11.6 Å². The third kappa shape index (κ3) is 3.38. The predicted octanol–water partition coefficient (Wildman–Crippen LogP) is 4.63. The molecule has 0 bridgehead atoms. The number of rotatable bonds is 3. The van der Waals surface area contributed by atoms with Crippen LogP contribution in [0.3, 0.4) is 0 Å². The van der Waals surface area contributed by atoms with Crippen molar-refractivity contribution < 1.29 is 17.9 Å². The van der Waals surface area contributed by atoms with Gasteiger partial charge in [-0.15, -0.1) is 11.6 Å². The Kier molecular flexibility index (Phi) is 3.95. The molecule has 0 aliphatic rings. The van der Waals surface area contributed by atoms with E-state index in [-0.39, 0.29) is 17.5 Å². The van der Waals surface area contributed by atoms with Crippen molar-refractivity contribution in [2.24, 2.45) is 0 Å². The summed E-state index contributed by atoms with van der Waals surface area (Å²) in [4.78, 5) is 3.86. The third-order valence-corrected chi connectivity index (χ3v) is 2.67. The number of pyridine rings is 1. The van der Waals surface area contributed by atoms with Crippen LogP contribution >= 0.6 is 11.6 Å². The number of alkyl halides is 4. The Bertz CT molecular complexity index is 572. The molecule has 0 fully saturated rings. The van der Waals surface area contributed by atoms with Crippen molar-refractivity contribution in [2.45, 2.75) is 12.1 Å². The smallest absolute Gasteiger partial charge is 0.419 e. The first-order valence-electron chi connectivity index (χ1n) is 5.35. The Morgan fingerprint density at radius 2 is 1.89 bits per heavy atom. The van der Waals surface area contributed by atoms with E-state index in [1.165, 1.54) is 30.5 Å². The fourth-order valence-electron chi connectivity index (χ4n) is 1.49. The van der Waals surface area contributed by atoms with Gasteiger partial charge in [0.15, 0.2) is 0 Å². The number of aromatic nitrogens is 1. The molecule has 0 aliphatic carbocycles. The molecule has 1 heterocycles. The van der Waals surface area contributed by atoms with E-state index in [0.29, 0.717) is 0 Å². The van der Waals surface area contributed by atoms with Crippen LogP contribution < -0.4 is 4.74 Å². The average molecular weight is 288 g/mol. The summed E-state index contributed by atoms with van der Waals surface area (Å²) in [7, 11) is 0. The maximum atomic E-state index is 12.8. The molecule has 0 spiro atoms. The number of hydrogen-bond acceptors (Lipinski definition) is 2. The first-order chi connectivity index (χ1) is 9.00. The number of benzene rings is 1. The Morgan fingerprint density at radius 3 is 2.58 bits per heavy atom. The van der Waals surface area contributed by atoms with Gasteiger partial charge in [-0.2, -0.15) is 13.2 Å². The van der Waals surface area contributed by atoms with Crippen molar-refractivity contribution in [3.8, 4) is 11.6 Å². The summed E-state index contributed by atoms with van der Waals surface area (Å²) < 4.78 is 43.5. The Balaban J connectivity index is 2.33. The van der Waals surface area contributed by atoms with Crippen LogP contribution in [0.4, 0.5) is 13.2 Å². The summed E-state index contributed by atoms with van der Waals surface area (Å²) >= 11 is 5.64. The lowest BCUT2D eigenvalue weighted by Gasteiger charge is -2.12. The molecule has 0 N–H and O–H groups in total. The molecule has 0 unspecified atom stereocenters. The van der Waals surface area contributed by atoms with E-state index >= 15 is 0 Å². The van der Waals surface area contributed by atoms with Gasteiger partial charge in [-0.3, -0.25) is 0 Å². The van der Waals surface area contributed by atoms with Gasteiger partial charge in [-0.05, 0) is 23.8 Å². The summed E-state index contributed by atoms with van der Waals surface area (Å²) in [5.74, 6) is 0.0313. The lowest BCUT2D eigenvalue weighted by Crippen LogP contribution is -2.07. The molecule has 2 nitrogen and oxygen atoms in total. The zero-order chi connectivity index (χ0) is 13.9. The molecule has 0 atom stereocenters. The first-order valence-corrected chi connectivity index (χ1v) is 5.89. The van der Waals surface area contributed by atoms with E-state index in [9.17, 15) is 13.2 Å². The van der Waals surface area contributed by atoms with Gasteiger partial charge in [0.25, 0.3) is 0 Å². The molecule has 0 aliphatic heterocycles. The standard InChI is InChI=1S/C13H9ClF3NO/c14-8-9-5-6-18-12(7-9)19-11-4-2-1-3-10(11)13(15,16)17/h1-7H,8H2. The summed E-state index contributed by atoms with van der Waals surface area (Å²) in [6.45, 7) is 0. The minimum Gasteiger partial charge on any atom is -0.438 e. The quantitative estimate of drug-likeness (QED) is 0.768. The lowest BCUT2D eigenvalue weighted by molar-refractivity contribution is -0.138. The second kappa shape index (κ2) is 5.48. The summed E-state index contributed by atoms with van der Waals surface area (Å²) in [5.41, 5.74) is -0.121. The minimum absolute atomic E-state index is 0.0786. The second-order valence-electron chi connectivity index (χ2n) is 3.73. The van der Waals surface area contributed by atoms with Gasteiger partial charge in [0.1, 0.15) is 5.75 Å². The molecular weight excluding hydrogens is 279 g/mol. The SMILES string of the molecule is FC(F)(F)c1ccccc1Oc1cc(CCl)ccn1. The molecule has 0 amide bonds. The van der Waals surface area contributed by atoms with Gasteiger partial charge in [0.2, 0.25) is 5.88 Å². The van der Waals surface area contributed by atoms with Crippen LogP contribution in [-0.2, 0) is 12.1 Å². The summed E-state index contributed by atoms with van der Waals surface area (Å²) in [6.07, 6.45) is -3.04. The van der Waals surface area contributed by atoms with Gasteiger partial charge in [-0.1, -0.05) is 12.1 Å². The van der Waals surface area contributed by atoms with Crippen LogP contribution in [0.2, 0.25) is 0 Å². The van der Waals surface area contributed by atoms with Crippen molar-refractivity contribution in [2.75, 3.05) is 0 Å². The van der Waals surface area contributed by atoms with Gasteiger partial charge in [0.05, 0.1) is 5.56 Å². The number of ether oxygens (including phenoxy) is 1. The summed E-state index contributed by atoms with van der Waals surface area (Å²) in [6, 6.07) is 8.14. The zero-order valence-corrected chi connectivity index (χ0v) is 10.4. The molecule has 1 aromatic heterocycles. The molecule has 6 heteroatoms. The highest BCUT2D eigenvalue weighted by Crippen LogP contribution is 2.37. The molecule has 2 aromatic rings. The van der Waals surface area contributed by atoms with Crippen molar-refractivity contribution in [3.63, 3.8) is 0 Å². The van der Waals surface area contributed by atoms with Gasteiger partial charge < -0.3 is 4.74 Å². The van der Waals surface area contributed by atoms with Crippen LogP contribution in [0.25, 0.3) is 0 Å². The van der Waals surface area contributed by atoms with Crippen molar-refractivity contribution in [1.29, 1.82) is 0 Å². The number of nitrogens with zero attached hydrogens (tertiary/aromatic N) is 1. The predicted molar refractivity (Wildman–Crippen MR) is 65.3 cm³/mol.